The maximum absolute atomic E-state index is 12.1. The third-order valence-electron chi connectivity index (χ3n) is 3.18. The largest absolute Gasteiger partial charge is 0.496 e. The molecule has 2 rings (SSSR count). The van der Waals surface area contributed by atoms with Crippen LogP contribution in [0.1, 0.15) is 29.6 Å². The molecule has 0 atom stereocenters. The lowest BCUT2D eigenvalue weighted by atomic mass is 9.78. The summed E-state index contributed by atoms with van der Waals surface area (Å²) in [5.74, 6) is 0.231. The van der Waals surface area contributed by atoms with Crippen LogP contribution in [0.2, 0.25) is 0 Å². The van der Waals surface area contributed by atoms with E-state index in [4.69, 9.17) is 10.00 Å². The Labute approximate surface area is 114 Å². The molecule has 1 amide bonds. The molecule has 1 fully saturated rings. The van der Waals surface area contributed by atoms with E-state index < -0.39 is 5.54 Å². The number of methoxy groups -OCH3 is 1. The van der Waals surface area contributed by atoms with Gasteiger partial charge >= 0.3 is 0 Å². The molecular weight excluding hydrogens is 296 g/mol. The van der Waals surface area contributed by atoms with Gasteiger partial charge in [-0.3, -0.25) is 4.79 Å². The van der Waals surface area contributed by atoms with Gasteiger partial charge in [0.05, 0.1) is 18.7 Å². The minimum Gasteiger partial charge on any atom is -0.496 e. The minimum absolute atomic E-state index is 0.263. The number of nitrogens with one attached hydrogen (secondary N) is 1. The van der Waals surface area contributed by atoms with E-state index in [0.717, 1.165) is 10.9 Å². The highest BCUT2D eigenvalue weighted by molar-refractivity contribution is 9.10. The van der Waals surface area contributed by atoms with Gasteiger partial charge in [0.1, 0.15) is 11.3 Å². The first-order valence-corrected chi connectivity index (χ1v) is 6.47. The van der Waals surface area contributed by atoms with Gasteiger partial charge in [0.25, 0.3) is 5.91 Å². The first kappa shape index (κ1) is 12.9. The summed E-state index contributed by atoms with van der Waals surface area (Å²) < 4.78 is 6.02. The fourth-order valence-corrected chi connectivity index (χ4v) is 2.27. The fourth-order valence-electron chi connectivity index (χ4n) is 1.93. The van der Waals surface area contributed by atoms with Crippen molar-refractivity contribution in [3.05, 3.63) is 28.2 Å². The van der Waals surface area contributed by atoms with Crippen molar-refractivity contribution >= 4 is 21.8 Å². The predicted octanol–water partition coefficient (Wildman–Crippen LogP) is 2.63. The highest BCUT2D eigenvalue weighted by Gasteiger charge is 2.39. The lowest BCUT2D eigenvalue weighted by Gasteiger charge is -2.35. The Morgan fingerprint density at radius 2 is 2.28 bits per heavy atom. The molecule has 1 aromatic carbocycles. The Kier molecular flexibility index (Phi) is 3.58. The highest BCUT2D eigenvalue weighted by Crippen LogP contribution is 2.32. The van der Waals surface area contributed by atoms with Crippen LogP contribution in [-0.2, 0) is 0 Å². The van der Waals surface area contributed by atoms with Crippen molar-refractivity contribution in [3.8, 4) is 11.8 Å². The van der Waals surface area contributed by atoms with Gasteiger partial charge in [0.15, 0.2) is 0 Å². The van der Waals surface area contributed by atoms with E-state index in [1.165, 1.54) is 7.11 Å². The van der Waals surface area contributed by atoms with Gasteiger partial charge in [-0.15, -0.1) is 0 Å². The van der Waals surface area contributed by atoms with Gasteiger partial charge < -0.3 is 10.1 Å². The lowest BCUT2D eigenvalue weighted by Crippen LogP contribution is -2.52. The van der Waals surface area contributed by atoms with Gasteiger partial charge in [0.2, 0.25) is 0 Å². The average molecular weight is 309 g/mol. The van der Waals surface area contributed by atoms with Crippen LogP contribution in [0.25, 0.3) is 0 Å². The van der Waals surface area contributed by atoms with E-state index in [1.807, 2.05) is 0 Å². The molecule has 0 bridgehead atoms. The summed E-state index contributed by atoms with van der Waals surface area (Å²) in [4.78, 5) is 12.1. The molecule has 0 unspecified atom stereocenters. The Bertz CT molecular complexity index is 518. The van der Waals surface area contributed by atoms with E-state index >= 15 is 0 Å². The number of benzene rings is 1. The summed E-state index contributed by atoms with van der Waals surface area (Å²) in [7, 11) is 1.52. The normalized spacial score (nSPS) is 16.3. The quantitative estimate of drug-likeness (QED) is 0.933. The molecular formula is C13H13BrN2O2. The molecule has 1 saturated carbocycles. The zero-order valence-electron chi connectivity index (χ0n) is 10.00. The van der Waals surface area contributed by atoms with Crippen LogP contribution in [-0.4, -0.2) is 18.6 Å². The maximum Gasteiger partial charge on any atom is 0.256 e. The van der Waals surface area contributed by atoms with Crippen LogP contribution in [0.4, 0.5) is 0 Å². The van der Waals surface area contributed by atoms with Crippen molar-refractivity contribution < 1.29 is 9.53 Å². The average Bonchev–Trinajstić information content (AvgIpc) is 2.33. The van der Waals surface area contributed by atoms with Crippen LogP contribution in [0, 0.1) is 11.3 Å². The number of carbonyl (C=O) groups is 1. The van der Waals surface area contributed by atoms with Gasteiger partial charge in [-0.2, -0.15) is 5.26 Å². The number of nitrogens with zero attached hydrogens (tertiary/aromatic N) is 1. The molecule has 1 aliphatic carbocycles. The Hall–Kier alpha value is -1.54. The summed E-state index contributed by atoms with van der Waals surface area (Å²) in [6.07, 6.45) is 2.41. The van der Waals surface area contributed by atoms with Crippen molar-refractivity contribution in [2.75, 3.05) is 7.11 Å². The maximum atomic E-state index is 12.1. The summed E-state index contributed by atoms with van der Waals surface area (Å²) in [5, 5.41) is 11.9. The Balaban J connectivity index is 2.21. The molecule has 0 heterocycles. The zero-order chi connectivity index (χ0) is 13.2. The molecule has 0 saturated heterocycles. The fraction of sp³-hybridized carbons (Fsp3) is 0.385. The van der Waals surface area contributed by atoms with E-state index in [1.54, 1.807) is 18.2 Å². The number of nitriles is 1. The highest BCUT2D eigenvalue weighted by atomic mass is 79.9. The van der Waals surface area contributed by atoms with Crippen LogP contribution in [0.3, 0.4) is 0 Å². The zero-order valence-corrected chi connectivity index (χ0v) is 11.6. The SMILES string of the molecule is COc1cc(Br)ccc1C(=O)NC1(C#N)CCC1. The third-order valence-corrected chi connectivity index (χ3v) is 3.68. The second-order valence-corrected chi connectivity index (χ2v) is 5.26. The van der Waals surface area contributed by atoms with Crippen LogP contribution >= 0.6 is 15.9 Å². The summed E-state index contributed by atoms with van der Waals surface area (Å²) in [6, 6.07) is 7.37. The van der Waals surface area contributed by atoms with Crippen molar-refractivity contribution in [1.29, 1.82) is 5.26 Å². The minimum atomic E-state index is -0.685. The first-order chi connectivity index (χ1) is 8.60. The van der Waals surface area contributed by atoms with Crippen molar-refractivity contribution in [3.63, 3.8) is 0 Å². The molecule has 5 heteroatoms. The molecule has 0 radical (unpaired) electrons. The first-order valence-electron chi connectivity index (χ1n) is 5.67. The van der Waals surface area contributed by atoms with Gasteiger partial charge in [0, 0.05) is 4.47 Å². The number of amides is 1. The third kappa shape index (κ3) is 2.34. The van der Waals surface area contributed by atoms with Crippen molar-refractivity contribution in [1.82, 2.24) is 5.32 Å². The molecule has 1 aromatic rings. The topological polar surface area (TPSA) is 62.1 Å². The number of hydrogen-bond donors (Lipinski definition) is 1. The van der Waals surface area contributed by atoms with Crippen molar-refractivity contribution in [2.24, 2.45) is 0 Å². The van der Waals surface area contributed by atoms with Crippen LogP contribution in [0.15, 0.2) is 22.7 Å². The second kappa shape index (κ2) is 4.99. The monoisotopic (exact) mass is 308 g/mol. The van der Waals surface area contributed by atoms with Gasteiger partial charge in [-0.25, -0.2) is 0 Å². The number of hydrogen-bond acceptors (Lipinski definition) is 3. The molecule has 18 heavy (non-hydrogen) atoms. The number of halogens is 1. The standard InChI is InChI=1S/C13H13BrN2O2/c1-18-11-7-9(14)3-4-10(11)12(17)16-13(8-15)5-2-6-13/h3-4,7H,2,5-6H2,1H3,(H,16,17). The second-order valence-electron chi connectivity index (χ2n) is 4.35. The van der Waals surface area contributed by atoms with Gasteiger partial charge in [-0.1, -0.05) is 15.9 Å². The Morgan fingerprint density at radius 3 is 2.78 bits per heavy atom. The number of rotatable bonds is 3. The molecule has 0 aromatic heterocycles. The lowest BCUT2D eigenvalue weighted by molar-refractivity contribution is 0.0878. The van der Waals surface area contributed by atoms with Gasteiger partial charge in [-0.05, 0) is 37.5 Å². The predicted molar refractivity (Wildman–Crippen MR) is 70.4 cm³/mol. The molecule has 1 N–H and O–H groups in total. The molecule has 0 spiro atoms. The smallest absolute Gasteiger partial charge is 0.256 e. The van der Waals surface area contributed by atoms with E-state index in [0.29, 0.717) is 24.2 Å². The van der Waals surface area contributed by atoms with Crippen LogP contribution < -0.4 is 10.1 Å². The van der Waals surface area contributed by atoms with Crippen LogP contribution in [0.5, 0.6) is 5.75 Å². The molecule has 94 valence electrons. The van der Waals surface area contributed by atoms with E-state index in [9.17, 15) is 4.79 Å². The Morgan fingerprint density at radius 1 is 1.56 bits per heavy atom. The molecule has 0 aliphatic heterocycles. The van der Waals surface area contributed by atoms with E-state index in [2.05, 4.69) is 27.3 Å². The van der Waals surface area contributed by atoms with E-state index in [-0.39, 0.29) is 5.91 Å². The molecule has 4 nitrogen and oxygen atoms in total. The number of ether oxygens (including phenoxy) is 1. The summed E-state index contributed by atoms with van der Waals surface area (Å²) in [5.41, 5.74) is -0.239. The summed E-state index contributed by atoms with van der Waals surface area (Å²) in [6.45, 7) is 0. The summed E-state index contributed by atoms with van der Waals surface area (Å²) >= 11 is 3.32. The van der Waals surface area contributed by atoms with Crippen molar-refractivity contribution in [2.45, 2.75) is 24.8 Å². The molecule has 1 aliphatic rings. The number of carbonyl (C=O) groups excluding carboxylic acids is 1.